The van der Waals surface area contributed by atoms with Gasteiger partial charge in [0, 0.05) is 47.8 Å². The van der Waals surface area contributed by atoms with Crippen LogP contribution in [0.25, 0.3) is 10.8 Å². The Morgan fingerprint density at radius 2 is 1.91 bits per heavy atom. The van der Waals surface area contributed by atoms with Gasteiger partial charge in [-0.3, -0.25) is 4.90 Å². The van der Waals surface area contributed by atoms with Crippen molar-refractivity contribution >= 4 is 28.1 Å². The first-order valence-electron chi connectivity index (χ1n) is 10.6. The molecule has 0 radical (unpaired) electrons. The summed E-state index contributed by atoms with van der Waals surface area (Å²) in [6, 6.07) is 4.92. The van der Waals surface area contributed by atoms with E-state index in [9.17, 15) is 13.2 Å². The highest BCUT2D eigenvalue weighted by Gasteiger charge is 2.42. The zero-order chi connectivity index (χ0) is 23.5. The number of fused-ring (bicyclic) bond motifs is 3. The van der Waals surface area contributed by atoms with Crippen molar-refractivity contribution in [3.63, 3.8) is 0 Å². The van der Waals surface area contributed by atoms with Crippen molar-refractivity contribution < 1.29 is 13.2 Å². The topological polar surface area (TPSA) is 122 Å². The lowest BCUT2D eigenvalue weighted by molar-refractivity contribution is -0.141. The molecule has 2 aliphatic heterocycles. The predicted octanol–water partition coefficient (Wildman–Crippen LogP) is 2.29. The number of piperazine rings is 1. The summed E-state index contributed by atoms with van der Waals surface area (Å²) < 4.78 is 39.5. The number of alkyl halides is 3. The van der Waals surface area contributed by atoms with Gasteiger partial charge in [0.25, 0.3) is 0 Å². The molecule has 0 aromatic carbocycles. The van der Waals surface area contributed by atoms with E-state index in [-0.39, 0.29) is 11.4 Å². The normalized spacial score (nSPS) is 21.7. The molecule has 2 fully saturated rings. The molecule has 0 unspecified atom stereocenters. The molecule has 5 heterocycles. The van der Waals surface area contributed by atoms with Crippen molar-refractivity contribution in [3.05, 3.63) is 41.5 Å². The lowest BCUT2D eigenvalue weighted by Gasteiger charge is -2.33. The van der Waals surface area contributed by atoms with Gasteiger partial charge in [-0.1, -0.05) is 0 Å². The van der Waals surface area contributed by atoms with E-state index in [0.717, 1.165) is 42.2 Å². The monoisotopic (exact) mass is 459 g/mol. The number of halogens is 3. The summed E-state index contributed by atoms with van der Waals surface area (Å²) in [5, 5.41) is 12.8. The maximum Gasteiger partial charge on any atom is 0.433 e. The van der Waals surface area contributed by atoms with Crippen LogP contribution in [0.2, 0.25) is 0 Å². The number of anilines is 3. The third-order valence-corrected chi connectivity index (χ3v) is 6.41. The number of likely N-dealkylation sites (tertiary alicyclic amines) is 1. The number of nitrogen functional groups attached to an aromatic ring is 1. The van der Waals surface area contributed by atoms with Crippen LogP contribution in [-0.4, -0.2) is 57.3 Å². The second-order valence-corrected chi connectivity index (χ2v) is 8.69. The summed E-state index contributed by atoms with van der Waals surface area (Å²) in [5.41, 5.74) is 11.3. The third-order valence-electron chi connectivity index (χ3n) is 6.41. The lowest BCUT2D eigenvalue weighted by atomic mass is 10.1. The van der Waals surface area contributed by atoms with Crippen molar-refractivity contribution in [2.45, 2.75) is 37.8 Å². The van der Waals surface area contributed by atoms with E-state index in [1.54, 1.807) is 6.20 Å². The lowest BCUT2D eigenvalue weighted by Crippen LogP contribution is -2.44. The van der Waals surface area contributed by atoms with Crippen molar-refractivity contribution in [1.82, 2.24) is 25.1 Å². The molecule has 0 amide bonds. The van der Waals surface area contributed by atoms with E-state index in [2.05, 4.69) is 42.3 Å². The SMILES string of the molecule is Cc1nnc(N[C@H](N)c2cc(N)cc(C(F)(F)F)n2)c2cc(N3C[C@H]4C[C@@H]3CN4C)ncc12. The molecule has 0 saturated carbocycles. The standard InChI is InChI=1S/C21H24F3N9/c1-10-15-7-27-18(33-9-12-5-13(33)8-32(12)2)6-14(15)20(31-30-10)29-19(26)16-3-11(25)4-17(28-16)21(22,23)24/h3-4,6-7,12-13,19H,5,8-9,26H2,1-2H3,(H2,25,28)(H,29,31)/t12-,13-,19+/m1/s1. The van der Waals surface area contributed by atoms with Gasteiger partial charge in [-0.25, -0.2) is 9.97 Å². The number of hydrogen-bond donors (Lipinski definition) is 3. The molecule has 174 valence electrons. The van der Waals surface area contributed by atoms with Crippen LogP contribution in [0.1, 0.15) is 29.7 Å². The first kappa shape index (κ1) is 21.6. The molecule has 33 heavy (non-hydrogen) atoms. The largest absolute Gasteiger partial charge is 0.433 e. The Hall–Kier alpha value is -3.25. The third kappa shape index (κ3) is 3.89. The van der Waals surface area contributed by atoms with E-state index in [4.69, 9.17) is 11.5 Å². The number of hydrogen-bond acceptors (Lipinski definition) is 9. The van der Waals surface area contributed by atoms with Gasteiger partial charge in [-0.15, -0.1) is 5.10 Å². The van der Waals surface area contributed by atoms with Crippen LogP contribution in [-0.2, 0) is 6.18 Å². The molecule has 2 saturated heterocycles. The average Bonchev–Trinajstić information content (AvgIpc) is 3.34. The fourth-order valence-electron chi connectivity index (χ4n) is 4.67. The Bertz CT molecular complexity index is 1210. The molecule has 3 aromatic heterocycles. The molecule has 2 aliphatic rings. The van der Waals surface area contributed by atoms with E-state index in [0.29, 0.717) is 23.6 Å². The Balaban J connectivity index is 1.48. The van der Waals surface area contributed by atoms with Crippen LogP contribution in [0.15, 0.2) is 24.4 Å². The van der Waals surface area contributed by atoms with Gasteiger partial charge >= 0.3 is 6.18 Å². The Morgan fingerprint density at radius 1 is 1.12 bits per heavy atom. The number of rotatable bonds is 4. The first-order valence-corrected chi connectivity index (χ1v) is 10.6. The molecule has 3 aromatic rings. The van der Waals surface area contributed by atoms with Gasteiger partial charge in [0.15, 0.2) is 5.82 Å². The number of aromatic nitrogens is 4. The molecule has 9 nitrogen and oxygen atoms in total. The molecule has 12 heteroatoms. The summed E-state index contributed by atoms with van der Waals surface area (Å²) in [7, 11) is 2.13. The highest BCUT2D eigenvalue weighted by molar-refractivity contribution is 5.94. The number of nitrogens with zero attached hydrogens (tertiary/aromatic N) is 6. The van der Waals surface area contributed by atoms with Gasteiger partial charge in [-0.05, 0) is 38.6 Å². The molecular weight excluding hydrogens is 435 g/mol. The summed E-state index contributed by atoms with van der Waals surface area (Å²) in [6.07, 6.45) is -2.86. The van der Waals surface area contributed by atoms with Crippen molar-refractivity contribution in [2.24, 2.45) is 5.73 Å². The maximum atomic E-state index is 13.2. The molecule has 5 N–H and O–H groups in total. The molecule has 5 rings (SSSR count). The second-order valence-electron chi connectivity index (χ2n) is 8.69. The van der Waals surface area contributed by atoms with Crippen LogP contribution in [0, 0.1) is 6.92 Å². The summed E-state index contributed by atoms with van der Waals surface area (Å²) in [4.78, 5) is 12.9. The number of pyridine rings is 2. The fraction of sp³-hybridized carbons (Fsp3) is 0.429. The zero-order valence-electron chi connectivity index (χ0n) is 18.1. The number of likely N-dealkylation sites (N-methyl/N-ethyl adjacent to an activating group) is 1. The van der Waals surface area contributed by atoms with Crippen LogP contribution < -0.4 is 21.7 Å². The summed E-state index contributed by atoms with van der Waals surface area (Å²) in [5.74, 6) is 1.17. The Kier molecular flexibility index (Phi) is 5.01. The number of nitrogens with one attached hydrogen (secondary N) is 1. The fourth-order valence-corrected chi connectivity index (χ4v) is 4.67. The summed E-state index contributed by atoms with van der Waals surface area (Å²) in [6.45, 7) is 3.70. The van der Waals surface area contributed by atoms with Crippen LogP contribution in [0.4, 0.5) is 30.5 Å². The maximum absolute atomic E-state index is 13.2. The van der Waals surface area contributed by atoms with Crippen LogP contribution in [0.5, 0.6) is 0 Å². The minimum absolute atomic E-state index is 0.0491. The van der Waals surface area contributed by atoms with Gasteiger partial charge in [0.2, 0.25) is 0 Å². The molecule has 0 spiro atoms. The first-order chi connectivity index (χ1) is 15.6. The highest BCUT2D eigenvalue weighted by Crippen LogP contribution is 2.35. The molecule has 3 atom stereocenters. The van der Waals surface area contributed by atoms with Gasteiger partial charge < -0.3 is 21.7 Å². The molecule has 0 aliphatic carbocycles. The Morgan fingerprint density at radius 3 is 2.58 bits per heavy atom. The number of aryl methyl sites for hydroxylation is 1. The van der Waals surface area contributed by atoms with Gasteiger partial charge in [0.1, 0.15) is 17.7 Å². The average molecular weight is 459 g/mol. The predicted molar refractivity (Wildman–Crippen MR) is 118 cm³/mol. The molecular formula is C21H24F3N9. The van der Waals surface area contributed by atoms with E-state index in [1.807, 2.05) is 13.0 Å². The highest BCUT2D eigenvalue weighted by atomic mass is 19.4. The van der Waals surface area contributed by atoms with Crippen molar-refractivity contribution in [3.8, 4) is 0 Å². The summed E-state index contributed by atoms with van der Waals surface area (Å²) >= 11 is 0. The quantitative estimate of drug-likeness (QED) is 0.505. The minimum Gasteiger partial charge on any atom is -0.399 e. The van der Waals surface area contributed by atoms with Crippen molar-refractivity contribution in [1.29, 1.82) is 0 Å². The smallest absolute Gasteiger partial charge is 0.399 e. The van der Waals surface area contributed by atoms with E-state index >= 15 is 0 Å². The number of nitrogens with two attached hydrogens (primary N) is 2. The van der Waals surface area contributed by atoms with Crippen LogP contribution >= 0.6 is 0 Å². The van der Waals surface area contributed by atoms with Crippen molar-refractivity contribution in [2.75, 3.05) is 36.1 Å². The van der Waals surface area contributed by atoms with Crippen LogP contribution in [0.3, 0.4) is 0 Å². The molecule has 2 bridgehead atoms. The van der Waals surface area contributed by atoms with E-state index in [1.165, 1.54) is 6.07 Å². The van der Waals surface area contributed by atoms with Gasteiger partial charge in [0.05, 0.1) is 11.4 Å². The minimum atomic E-state index is -4.63. The Labute approximate surface area is 188 Å². The zero-order valence-corrected chi connectivity index (χ0v) is 18.1. The van der Waals surface area contributed by atoms with E-state index < -0.39 is 18.0 Å². The second kappa shape index (κ2) is 7.66. The van der Waals surface area contributed by atoms with Gasteiger partial charge in [-0.2, -0.15) is 18.3 Å².